The fourth-order valence-electron chi connectivity index (χ4n) is 4.51. The van der Waals surface area contributed by atoms with Gasteiger partial charge in [-0.25, -0.2) is 4.79 Å². The molecule has 1 saturated heterocycles. The second kappa shape index (κ2) is 10.2. The van der Waals surface area contributed by atoms with Gasteiger partial charge in [0.05, 0.1) is 18.8 Å². The molecular weight excluding hydrogens is 402 g/mol. The van der Waals surface area contributed by atoms with Gasteiger partial charge in [-0.2, -0.15) is 0 Å². The number of urea groups is 1. The summed E-state index contributed by atoms with van der Waals surface area (Å²) in [7, 11) is 0. The molecule has 9 nitrogen and oxygen atoms in total. The molecule has 1 saturated carbocycles. The second-order valence-electron chi connectivity index (χ2n) is 8.39. The molecule has 1 aliphatic carbocycles. The van der Waals surface area contributed by atoms with Crippen LogP contribution in [0.15, 0.2) is 18.2 Å². The number of aliphatic hydroxyl groups excluding tert-OH is 1. The number of fused-ring (bicyclic) bond motifs is 1. The molecule has 0 aromatic heterocycles. The third kappa shape index (κ3) is 5.59. The van der Waals surface area contributed by atoms with Crippen LogP contribution in [0.1, 0.15) is 44.9 Å². The van der Waals surface area contributed by atoms with Crippen LogP contribution < -0.4 is 25.4 Å². The summed E-state index contributed by atoms with van der Waals surface area (Å²) in [5, 5.41) is 18.4. The average Bonchev–Trinajstić information content (AvgIpc) is 3.46. The lowest BCUT2D eigenvalue weighted by Crippen LogP contribution is -2.52. The highest BCUT2D eigenvalue weighted by Gasteiger charge is 2.32. The smallest absolute Gasteiger partial charge is 0.319 e. The maximum absolute atomic E-state index is 12.4. The molecule has 0 spiro atoms. The van der Waals surface area contributed by atoms with E-state index in [0.717, 1.165) is 32.1 Å². The van der Waals surface area contributed by atoms with E-state index in [2.05, 4.69) is 16.0 Å². The molecule has 3 aliphatic rings. The summed E-state index contributed by atoms with van der Waals surface area (Å²) in [6.07, 6.45) is 5.87. The Morgan fingerprint density at radius 3 is 2.68 bits per heavy atom. The van der Waals surface area contributed by atoms with Crippen molar-refractivity contribution >= 4 is 17.6 Å². The summed E-state index contributed by atoms with van der Waals surface area (Å²) in [6.45, 7) is 0.564. The maximum atomic E-state index is 12.4. The van der Waals surface area contributed by atoms with Crippen LogP contribution in [0.2, 0.25) is 0 Å². The molecule has 31 heavy (non-hydrogen) atoms. The Morgan fingerprint density at radius 2 is 1.87 bits per heavy atom. The van der Waals surface area contributed by atoms with Crippen LogP contribution in [0, 0.1) is 5.92 Å². The first kappa shape index (κ1) is 21.7. The van der Waals surface area contributed by atoms with Crippen LogP contribution in [0.4, 0.5) is 10.5 Å². The fraction of sp³-hybridized carbons (Fsp3) is 0.636. The van der Waals surface area contributed by atoms with Gasteiger partial charge in [-0.3, -0.25) is 4.79 Å². The molecule has 0 unspecified atom stereocenters. The molecule has 0 bridgehead atoms. The maximum Gasteiger partial charge on any atom is 0.319 e. The highest BCUT2D eigenvalue weighted by atomic mass is 16.7. The number of benzene rings is 1. The van der Waals surface area contributed by atoms with Gasteiger partial charge in [-0.1, -0.05) is 12.8 Å². The lowest BCUT2D eigenvalue weighted by Gasteiger charge is -2.36. The normalized spacial score (nSPS) is 25.3. The highest BCUT2D eigenvalue weighted by Crippen LogP contribution is 2.34. The zero-order valence-corrected chi connectivity index (χ0v) is 17.6. The van der Waals surface area contributed by atoms with E-state index < -0.39 is 6.10 Å². The minimum Gasteiger partial charge on any atom is -0.454 e. The Bertz CT molecular complexity index is 783. The van der Waals surface area contributed by atoms with Crippen molar-refractivity contribution in [1.82, 2.24) is 10.6 Å². The van der Waals surface area contributed by atoms with Crippen molar-refractivity contribution in [2.75, 3.05) is 25.3 Å². The van der Waals surface area contributed by atoms with E-state index in [1.54, 1.807) is 18.2 Å². The van der Waals surface area contributed by atoms with Crippen molar-refractivity contribution in [3.05, 3.63) is 18.2 Å². The van der Waals surface area contributed by atoms with Crippen molar-refractivity contribution in [3.63, 3.8) is 0 Å². The predicted molar refractivity (Wildman–Crippen MR) is 113 cm³/mol. The largest absolute Gasteiger partial charge is 0.454 e. The quantitative estimate of drug-likeness (QED) is 0.523. The number of ether oxygens (including phenoxy) is 3. The number of rotatable bonds is 7. The van der Waals surface area contributed by atoms with E-state index in [9.17, 15) is 14.7 Å². The second-order valence-corrected chi connectivity index (χ2v) is 8.39. The summed E-state index contributed by atoms with van der Waals surface area (Å²) in [5.41, 5.74) is 0.593. The van der Waals surface area contributed by atoms with Crippen LogP contribution in [0.25, 0.3) is 0 Å². The van der Waals surface area contributed by atoms with Crippen LogP contribution in [0.3, 0.4) is 0 Å². The lowest BCUT2D eigenvalue weighted by atomic mass is 9.97. The number of amides is 3. The fourth-order valence-corrected chi connectivity index (χ4v) is 4.51. The third-order valence-corrected chi connectivity index (χ3v) is 6.23. The Hall–Kier alpha value is -2.52. The Balaban J connectivity index is 1.20. The third-order valence-electron chi connectivity index (χ3n) is 6.23. The molecule has 0 radical (unpaired) electrons. The number of anilines is 1. The molecule has 2 fully saturated rings. The van der Waals surface area contributed by atoms with Crippen molar-refractivity contribution in [2.24, 2.45) is 5.92 Å². The molecule has 3 amide bonds. The van der Waals surface area contributed by atoms with Gasteiger partial charge in [0.15, 0.2) is 11.5 Å². The van der Waals surface area contributed by atoms with Crippen molar-refractivity contribution in [2.45, 2.75) is 63.2 Å². The first-order valence-electron chi connectivity index (χ1n) is 11.1. The number of carbonyl (C=O) groups is 2. The van der Waals surface area contributed by atoms with Crippen molar-refractivity contribution < 1.29 is 28.9 Å². The molecule has 2 heterocycles. The number of hydrogen-bond donors (Lipinski definition) is 4. The van der Waals surface area contributed by atoms with Crippen LogP contribution >= 0.6 is 0 Å². The zero-order valence-electron chi connectivity index (χ0n) is 17.6. The molecular formula is C22H31N3O6. The number of nitrogens with one attached hydrogen (secondary N) is 3. The van der Waals surface area contributed by atoms with Crippen LogP contribution in [-0.2, 0) is 9.53 Å². The van der Waals surface area contributed by atoms with E-state index in [4.69, 9.17) is 14.2 Å². The molecule has 1 aromatic carbocycles. The van der Waals surface area contributed by atoms with Gasteiger partial charge in [-0.05, 0) is 44.2 Å². The summed E-state index contributed by atoms with van der Waals surface area (Å²) in [6, 6.07) is 4.54. The highest BCUT2D eigenvalue weighted by molar-refractivity contribution is 5.90. The Labute approximate surface area is 181 Å². The minimum atomic E-state index is -0.480. The van der Waals surface area contributed by atoms with Gasteiger partial charge in [0.25, 0.3) is 0 Å². The molecule has 4 rings (SSSR count). The minimum absolute atomic E-state index is 0.0454. The Morgan fingerprint density at radius 1 is 1.06 bits per heavy atom. The first-order chi connectivity index (χ1) is 15.1. The van der Waals surface area contributed by atoms with E-state index in [1.165, 1.54) is 0 Å². The summed E-state index contributed by atoms with van der Waals surface area (Å²) in [5.74, 6) is 1.55. The summed E-state index contributed by atoms with van der Waals surface area (Å²) in [4.78, 5) is 24.5. The average molecular weight is 434 g/mol. The van der Waals surface area contributed by atoms with Gasteiger partial charge >= 0.3 is 6.03 Å². The van der Waals surface area contributed by atoms with Gasteiger partial charge in [0.2, 0.25) is 12.7 Å². The molecule has 4 N–H and O–H groups in total. The Kier molecular flexibility index (Phi) is 7.14. The monoisotopic (exact) mass is 433 g/mol. The summed E-state index contributed by atoms with van der Waals surface area (Å²) >= 11 is 0. The first-order valence-corrected chi connectivity index (χ1v) is 11.1. The van der Waals surface area contributed by atoms with Crippen LogP contribution in [-0.4, -0.2) is 55.2 Å². The number of hydrogen-bond acceptors (Lipinski definition) is 6. The molecule has 9 heteroatoms. The van der Waals surface area contributed by atoms with Gasteiger partial charge in [-0.15, -0.1) is 0 Å². The van der Waals surface area contributed by atoms with E-state index in [1.807, 2.05) is 0 Å². The summed E-state index contributed by atoms with van der Waals surface area (Å²) < 4.78 is 16.6. The lowest BCUT2D eigenvalue weighted by molar-refractivity contribution is -0.125. The standard InChI is InChI=1S/C22H31N3O6/c26-12-20-17(25-22(28)24-15-5-8-18-19(11-15)30-13-29-18)7-6-16(31-20)9-10-23-21(27)14-3-1-2-4-14/h5,8,11,14,16-17,20,26H,1-4,6-7,9-10,12-13H2,(H,23,27)(H2,24,25,28)/t16-,17-,20-/m1/s1. The van der Waals surface area contributed by atoms with Gasteiger partial charge < -0.3 is 35.3 Å². The molecule has 3 atom stereocenters. The van der Waals surface area contributed by atoms with Gasteiger partial charge in [0, 0.05) is 24.2 Å². The number of carbonyl (C=O) groups excluding carboxylic acids is 2. The van der Waals surface area contributed by atoms with E-state index in [-0.39, 0.29) is 43.4 Å². The SMILES string of the molecule is O=C(Nc1ccc2c(c1)OCO2)N[C@@H]1CC[C@H](CCNC(=O)C2CCCC2)O[C@@H]1CO. The number of aliphatic hydroxyl groups is 1. The van der Waals surface area contributed by atoms with Crippen LogP contribution in [0.5, 0.6) is 11.5 Å². The molecule has 170 valence electrons. The predicted octanol–water partition coefficient (Wildman–Crippen LogP) is 2.14. The van der Waals surface area contributed by atoms with Crippen molar-refractivity contribution in [1.29, 1.82) is 0 Å². The zero-order chi connectivity index (χ0) is 21.6. The topological polar surface area (TPSA) is 118 Å². The molecule has 2 aliphatic heterocycles. The van der Waals surface area contributed by atoms with Gasteiger partial charge in [0.1, 0.15) is 6.10 Å². The van der Waals surface area contributed by atoms with Crippen molar-refractivity contribution in [3.8, 4) is 11.5 Å². The van der Waals surface area contributed by atoms with E-state index >= 15 is 0 Å². The van der Waals surface area contributed by atoms with E-state index in [0.29, 0.717) is 36.6 Å². The molecule has 1 aromatic rings.